The van der Waals surface area contributed by atoms with Crippen LogP contribution in [0.3, 0.4) is 0 Å². The summed E-state index contributed by atoms with van der Waals surface area (Å²) >= 11 is 0. The Morgan fingerprint density at radius 3 is 1.13 bits per heavy atom. The van der Waals surface area contributed by atoms with Gasteiger partial charge in [0.05, 0.1) is 56.4 Å². The second-order valence-corrected chi connectivity index (χ2v) is 15.6. The SMILES string of the molecule is CCCc1ccc(-c2ccc(-n3nc(C)c(C=Nc4ccccc4C(=O)O)c3O)cc2)cc1.CCCc1ccc(-c2ccc(-n3nc(C)c(C=Nc4ccccc4C(=O)O)c3O)cc2)cc1.[Cr]. The molecular weight excluding hydrogens is 881 g/mol. The standard InChI is InChI=1S/2C27H25N3O3.Cr/c2*1-3-6-19-9-11-20(12-10-19)21-13-15-22(16-14-21)30-26(31)24(18(2)29-30)17-28-25-8-5-4-7-23(25)27(32)33;/h2*4-5,7-17,31H,3,6H2,1-2H3,(H,32,33);. The number of rotatable bonds is 14. The molecule has 6 aromatic carbocycles. The van der Waals surface area contributed by atoms with Gasteiger partial charge in [-0.2, -0.15) is 10.2 Å². The first kappa shape index (κ1) is 48.6. The number of aromatic nitrogens is 4. The van der Waals surface area contributed by atoms with Crippen LogP contribution in [-0.2, 0) is 30.2 Å². The van der Waals surface area contributed by atoms with Gasteiger partial charge >= 0.3 is 11.9 Å². The van der Waals surface area contributed by atoms with E-state index in [0.29, 0.717) is 45.3 Å². The van der Waals surface area contributed by atoms with Crippen LogP contribution in [0.5, 0.6) is 11.8 Å². The summed E-state index contributed by atoms with van der Waals surface area (Å²) in [5.41, 5.74) is 11.4. The van der Waals surface area contributed by atoms with E-state index < -0.39 is 11.9 Å². The Balaban J connectivity index is 0.000000218. The van der Waals surface area contributed by atoms with Crippen molar-refractivity contribution in [3.05, 3.63) is 190 Å². The predicted octanol–water partition coefficient (Wildman–Crippen LogP) is 11.9. The van der Waals surface area contributed by atoms with Crippen molar-refractivity contribution in [3.8, 4) is 45.4 Å². The molecule has 0 amide bonds. The van der Waals surface area contributed by atoms with E-state index in [1.54, 1.807) is 50.2 Å². The number of benzene rings is 6. The number of nitrogens with zero attached hydrogens (tertiary/aromatic N) is 6. The summed E-state index contributed by atoms with van der Waals surface area (Å²) in [6.45, 7) is 7.89. The summed E-state index contributed by atoms with van der Waals surface area (Å²) in [6, 6.07) is 45.7. The summed E-state index contributed by atoms with van der Waals surface area (Å²) in [7, 11) is 0. The quantitative estimate of drug-likeness (QED) is 0.0779. The van der Waals surface area contributed by atoms with Crippen molar-refractivity contribution in [3.63, 3.8) is 0 Å². The molecule has 0 atom stereocenters. The molecule has 0 bridgehead atoms. The number of aromatic carboxylic acids is 2. The van der Waals surface area contributed by atoms with Crippen LogP contribution < -0.4 is 0 Å². The maximum absolute atomic E-state index is 11.4. The largest absolute Gasteiger partial charge is 0.493 e. The fourth-order valence-corrected chi connectivity index (χ4v) is 7.41. The smallest absolute Gasteiger partial charge is 0.337 e. The molecule has 8 rings (SSSR count). The van der Waals surface area contributed by atoms with Crippen LogP contribution in [0.25, 0.3) is 33.6 Å². The number of aryl methyl sites for hydroxylation is 4. The zero-order valence-corrected chi connectivity index (χ0v) is 38.8. The van der Waals surface area contributed by atoms with Crippen LogP contribution in [0, 0.1) is 13.8 Å². The Kier molecular flexibility index (Phi) is 16.2. The number of aromatic hydroxyl groups is 2. The minimum atomic E-state index is -1.06. The van der Waals surface area contributed by atoms with Crippen molar-refractivity contribution in [2.75, 3.05) is 0 Å². The molecule has 67 heavy (non-hydrogen) atoms. The third-order valence-corrected chi connectivity index (χ3v) is 11.0. The Bertz CT molecular complexity index is 2820. The van der Waals surface area contributed by atoms with E-state index >= 15 is 0 Å². The third-order valence-electron chi connectivity index (χ3n) is 11.0. The number of carboxylic acid groups (broad SMARTS) is 2. The maximum atomic E-state index is 11.4. The molecule has 2 heterocycles. The molecule has 338 valence electrons. The van der Waals surface area contributed by atoms with E-state index in [0.717, 1.165) is 47.9 Å². The van der Waals surface area contributed by atoms with Crippen molar-refractivity contribution in [1.82, 2.24) is 19.6 Å². The topological polar surface area (TPSA) is 175 Å². The molecule has 0 fully saturated rings. The first-order valence-electron chi connectivity index (χ1n) is 21.6. The van der Waals surface area contributed by atoms with E-state index in [4.69, 9.17) is 0 Å². The first-order chi connectivity index (χ1) is 31.9. The van der Waals surface area contributed by atoms with Gasteiger partial charge in [0, 0.05) is 29.8 Å². The molecule has 13 heteroatoms. The van der Waals surface area contributed by atoms with E-state index in [2.05, 4.69) is 82.6 Å². The molecule has 0 aliphatic heterocycles. The minimum Gasteiger partial charge on any atom is -0.493 e. The van der Waals surface area contributed by atoms with E-state index in [9.17, 15) is 30.0 Å². The number of hydrogen-bond donors (Lipinski definition) is 4. The van der Waals surface area contributed by atoms with Crippen LogP contribution in [0.1, 0.15) is 81.0 Å². The molecule has 4 N–H and O–H groups in total. The van der Waals surface area contributed by atoms with Gasteiger partial charge in [0.1, 0.15) is 0 Å². The summed E-state index contributed by atoms with van der Waals surface area (Å²) in [6.07, 6.45) is 7.29. The fourth-order valence-electron chi connectivity index (χ4n) is 7.41. The summed E-state index contributed by atoms with van der Waals surface area (Å²) in [5, 5.41) is 49.1. The van der Waals surface area contributed by atoms with Crippen molar-refractivity contribution in [1.29, 1.82) is 0 Å². The molecule has 0 spiro atoms. The normalized spacial score (nSPS) is 11.0. The number of hydrogen-bond acceptors (Lipinski definition) is 8. The molecule has 8 aromatic rings. The van der Waals surface area contributed by atoms with Gasteiger partial charge in [0.2, 0.25) is 11.8 Å². The molecule has 0 saturated carbocycles. The average Bonchev–Trinajstić information content (AvgIpc) is 3.79. The van der Waals surface area contributed by atoms with Crippen LogP contribution in [0.15, 0.2) is 156 Å². The fraction of sp³-hybridized carbons (Fsp3) is 0.148. The Hall–Kier alpha value is -7.85. The zero-order valence-electron chi connectivity index (χ0n) is 37.5. The van der Waals surface area contributed by atoms with E-state index in [1.165, 1.54) is 45.1 Å². The number of carbonyl (C=O) groups is 2. The molecule has 0 aliphatic carbocycles. The van der Waals surface area contributed by atoms with Gasteiger partial charge in [-0.15, -0.1) is 0 Å². The van der Waals surface area contributed by atoms with Gasteiger partial charge in [-0.1, -0.05) is 124 Å². The van der Waals surface area contributed by atoms with Gasteiger partial charge in [-0.3, -0.25) is 9.98 Å². The van der Waals surface area contributed by atoms with Crippen molar-refractivity contribution >= 4 is 35.7 Å². The van der Waals surface area contributed by atoms with Gasteiger partial charge < -0.3 is 20.4 Å². The molecule has 2 aromatic heterocycles. The predicted molar refractivity (Wildman–Crippen MR) is 260 cm³/mol. The molecule has 12 nitrogen and oxygen atoms in total. The van der Waals surface area contributed by atoms with Crippen LogP contribution >= 0.6 is 0 Å². The molecular formula is C54H50CrN6O6. The van der Waals surface area contributed by atoms with Gasteiger partial charge in [-0.05, 0) is 109 Å². The minimum absolute atomic E-state index is 0. The summed E-state index contributed by atoms with van der Waals surface area (Å²) < 4.78 is 2.90. The molecule has 0 radical (unpaired) electrons. The van der Waals surface area contributed by atoms with Crippen LogP contribution in [0.4, 0.5) is 11.4 Å². The van der Waals surface area contributed by atoms with Gasteiger partial charge in [0.15, 0.2) is 0 Å². The van der Waals surface area contributed by atoms with Crippen molar-refractivity contribution in [2.45, 2.75) is 53.4 Å². The summed E-state index contributed by atoms with van der Waals surface area (Å²) in [4.78, 5) is 31.3. The Morgan fingerprint density at radius 1 is 0.507 bits per heavy atom. The zero-order chi connectivity index (χ0) is 46.7. The number of aliphatic imine (C=N–C) groups is 2. The summed E-state index contributed by atoms with van der Waals surface area (Å²) in [5.74, 6) is -2.22. The van der Waals surface area contributed by atoms with Crippen LogP contribution in [0.2, 0.25) is 0 Å². The van der Waals surface area contributed by atoms with Gasteiger partial charge in [-0.25, -0.2) is 19.0 Å². The number of para-hydroxylation sites is 2. The van der Waals surface area contributed by atoms with Crippen molar-refractivity contribution < 1.29 is 47.4 Å². The molecule has 0 aliphatic rings. The maximum Gasteiger partial charge on any atom is 0.337 e. The van der Waals surface area contributed by atoms with Crippen molar-refractivity contribution in [2.24, 2.45) is 9.98 Å². The van der Waals surface area contributed by atoms with Gasteiger partial charge in [0.25, 0.3) is 0 Å². The Morgan fingerprint density at radius 2 is 0.821 bits per heavy atom. The first-order valence-corrected chi connectivity index (χ1v) is 21.6. The molecule has 0 unspecified atom stereocenters. The second kappa shape index (κ2) is 22.4. The van der Waals surface area contributed by atoms with E-state index in [1.807, 2.05) is 48.5 Å². The average molecular weight is 931 g/mol. The second-order valence-electron chi connectivity index (χ2n) is 15.6. The number of carboxylic acids is 2. The molecule has 0 saturated heterocycles. The van der Waals surface area contributed by atoms with Crippen LogP contribution in [-0.4, -0.2) is 64.4 Å². The Labute approximate surface area is 400 Å². The third kappa shape index (κ3) is 11.5. The van der Waals surface area contributed by atoms with E-state index in [-0.39, 0.29) is 40.2 Å². The monoisotopic (exact) mass is 930 g/mol.